The highest BCUT2D eigenvalue weighted by atomic mass is 35.5. The molecule has 3 aromatic rings. The number of rotatable bonds is 5. The highest BCUT2D eigenvalue weighted by Crippen LogP contribution is 2.40. The van der Waals surface area contributed by atoms with Gasteiger partial charge in [0.15, 0.2) is 0 Å². The summed E-state index contributed by atoms with van der Waals surface area (Å²) in [5.74, 6) is -1.12. The Balaban J connectivity index is 0.000000222. The summed E-state index contributed by atoms with van der Waals surface area (Å²) in [7, 11) is -4.02. The first kappa shape index (κ1) is 24.6. The molecule has 2 atom stereocenters. The number of aryl methyl sites for hydroxylation is 1. The van der Waals surface area contributed by atoms with Crippen molar-refractivity contribution in [1.82, 2.24) is 14.8 Å². The molecule has 1 saturated heterocycles. The number of halogens is 2. The number of aliphatic hydroxyl groups excluding tert-OH is 1. The van der Waals surface area contributed by atoms with Crippen LogP contribution in [0.3, 0.4) is 0 Å². The van der Waals surface area contributed by atoms with Crippen LogP contribution in [-0.4, -0.2) is 52.2 Å². The second kappa shape index (κ2) is 10.3. The van der Waals surface area contributed by atoms with Gasteiger partial charge in [0.25, 0.3) is 10.1 Å². The van der Waals surface area contributed by atoms with E-state index in [0.717, 1.165) is 5.56 Å². The average molecular weight is 502 g/mol. The van der Waals surface area contributed by atoms with E-state index in [2.05, 4.69) is 10.1 Å². The van der Waals surface area contributed by atoms with Gasteiger partial charge in [-0.25, -0.2) is 9.67 Å². The van der Waals surface area contributed by atoms with Gasteiger partial charge >= 0.3 is 0 Å². The zero-order valence-corrected chi connectivity index (χ0v) is 19.3. The molecule has 2 N–H and O–H groups in total. The number of benzene rings is 2. The van der Waals surface area contributed by atoms with Crippen molar-refractivity contribution in [2.24, 2.45) is 0 Å². The fraction of sp³-hybridized carbons (Fsp3) is 0.300. The van der Waals surface area contributed by atoms with Crippen LogP contribution in [0.5, 0.6) is 0 Å². The molecule has 1 aliphatic rings. The second-order valence-electron chi connectivity index (χ2n) is 6.99. The fourth-order valence-corrected chi connectivity index (χ4v) is 4.03. The molecule has 1 unspecified atom stereocenters. The molecule has 0 spiro atoms. The lowest BCUT2D eigenvalue weighted by Crippen LogP contribution is -2.34. The van der Waals surface area contributed by atoms with Gasteiger partial charge in [0.2, 0.25) is 5.79 Å². The molecule has 9 nitrogen and oxygen atoms in total. The van der Waals surface area contributed by atoms with Crippen molar-refractivity contribution in [3.63, 3.8) is 0 Å². The third kappa shape index (κ3) is 6.04. The second-order valence-corrected chi connectivity index (χ2v) is 9.26. The first-order valence-electron chi connectivity index (χ1n) is 9.38. The topological polar surface area (TPSA) is 124 Å². The molecular weight excluding hydrogens is 481 g/mol. The molecule has 0 saturated carbocycles. The largest absolute Gasteiger partial charge is 0.394 e. The Morgan fingerprint density at radius 3 is 2.47 bits per heavy atom. The summed E-state index contributed by atoms with van der Waals surface area (Å²) in [6.07, 6.45) is 2.57. The van der Waals surface area contributed by atoms with Gasteiger partial charge in [-0.15, -0.1) is 0 Å². The number of nitrogens with zero attached hydrogens (tertiary/aromatic N) is 3. The lowest BCUT2D eigenvalue weighted by Gasteiger charge is -2.29. The Hall–Kier alpha value is -2.05. The van der Waals surface area contributed by atoms with Gasteiger partial charge < -0.3 is 14.6 Å². The van der Waals surface area contributed by atoms with E-state index < -0.39 is 22.0 Å². The molecular formula is C20H21Cl2N3O6S. The van der Waals surface area contributed by atoms with Crippen LogP contribution in [0, 0.1) is 6.92 Å². The van der Waals surface area contributed by atoms with Crippen molar-refractivity contribution in [2.75, 3.05) is 13.2 Å². The van der Waals surface area contributed by atoms with E-state index in [0.29, 0.717) is 15.6 Å². The van der Waals surface area contributed by atoms with Crippen molar-refractivity contribution < 1.29 is 27.6 Å². The SMILES string of the molecule is Cc1ccc(S(=O)(=O)O)cc1.OCC1CO[C@](Cn2cncn2)(c2ccc(Cl)cc2Cl)O1. The Morgan fingerprint density at radius 1 is 1.22 bits per heavy atom. The number of ether oxygens (including phenoxy) is 2. The smallest absolute Gasteiger partial charge is 0.294 e. The highest BCUT2D eigenvalue weighted by molar-refractivity contribution is 7.85. The van der Waals surface area contributed by atoms with Crippen molar-refractivity contribution in [1.29, 1.82) is 0 Å². The third-order valence-electron chi connectivity index (χ3n) is 4.56. The van der Waals surface area contributed by atoms with Crippen LogP contribution in [0.1, 0.15) is 11.1 Å². The van der Waals surface area contributed by atoms with Crippen LogP contribution < -0.4 is 0 Å². The summed E-state index contributed by atoms with van der Waals surface area (Å²) in [5.41, 5.74) is 1.59. The number of aliphatic hydroxyl groups is 1. The van der Waals surface area contributed by atoms with Crippen LogP contribution in [0.25, 0.3) is 0 Å². The lowest BCUT2D eigenvalue weighted by molar-refractivity contribution is -0.191. The van der Waals surface area contributed by atoms with Gasteiger partial charge in [-0.05, 0) is 31.2 Å². The summed E-state index contributed by atoms with van der Waals surface area (Å²) in [4.78, 5) is 3.84. The molecule has 0 bridgehead atoms. The van der Waals surface area contributed by atoms with Gasteiger partial charge in [0.1, 0.15) is 25.3 Å². The minimum absolute atomic E-state index is 0.0666. The Bertz CT molecular complexity index is 1140. The van der Waals surface area contributed by atoms with Crippen molar-refractivity contribution in [3.05, 3.63) is 76.3 Å². The standard InChI is InChI=1S/C13H13Cl2N3O3.C7H8O3S/c14-9-1-2-11(12(15)3-9)13(6-18-8-16-7-17-18)20-5-10(4-19)21-13;1-6-2-4-7(5-3-6)11(8,9)10/h1-3,7-8,10,19H,4-6H2;2-5H,1H3,(H,8,9,10)/t10?,13-;/m0./s1. The van der Waals surface area contributed by atoms with E-state index in [1.807, 2.05) is 6.92 Å². The molecule has 32 heavy (non-hydrogen) atoms. The summed E-state index contributed by atoms with van der Waals surface area (Å²) in [6.45, 7) is 2.24. The minimum atomic E-state index is -4.02. The Labute approximate surface area is 195 Å². The molecule has 12 heteroatoms. The first-order chi connectivity index (χ1) is 15.1. The van der Waals surface area contributed by atoms with E-state index >= 15 is 0 Å². The third-order valence-corrected chi connectivity index (χ3v) is 5.98. The quantitative estimate of drug-likeness (QED) is 0.511. The maximum atomic E-state index is 10.5. The van der Waals surface area contributed by atoms with E-state index in [4.69, 9.17) is 37.2 Å². The van der Waals surface area contributed by atoms with E-state index in [9.17, 15) is 13.5 Å². The number of hydrogen-bond acceptors (Lipinski definition) is 7. The summed E-state index contributed by atoms with van der Waals surface area (Å²) < 4.78 is 42.9. The minimum Gasteiger partial charge on any atom is -0.394 e. The molecule has 1 aromatic heterocycles. The van der Waals surface area contributed by atoms with Crippen LogP contribution in [0.2, 0.25) is 10.0 Å². The summed E-state index contributed by atoms with van der Waals surface area (Å²) in [5, 5.41) is 14.3. The predicted molar refractivity (Wildman–Crippen MR) is 117 cm³/mol. The molecule has 1 fully saturated rings. The summed E-state index contributed by atoms with van der Waals surface area (Å²) in [6, 6.07) is 11.1. The maximum Gasteiger partial charge on any atom is 0.294 e. The molecule has 172 valence electrons. The molecule has 4 rings (SSSR count). The zero-order chi connectivity index (χ0) is 23.4. The van der Waals surface area contributed by atoms with E-state index in [1.165, 1.54) is 18.5 Å². The Kier molecular flexibility index (Phi) is 7.88. The number of aromatic nitrogens is 3. The molecule has 0 aliphatic carbocycles. The molecule has 0 radical (unpaired) electrons. The lowest BCUT2D eigenvalue weighted by atomic mass is 10.1. The predicted octanol–water partition coefficient (Wildman–Crippen LogP) is 3.09. The monoisotopic (exact) mass is 501 g/mol. The van der Waals surface area contributed by atoms with Gasteiger partial charge in [-0.1, -0.05) is 47.0 Å². The highest BCUT2D eigenvalue weighted by Gasteiger charge is 2.45. The van der Waals surface area contributed by atoms with E-state index in [1.54, 1.807) is 41.3 Å². The van der Waals surface area contributed by atoms with Gasteiger partial charge in [-0.2, -0.15) is 13.5 Å². The van der Waals surface area contributed by atoms with Gasteiger partial charge in [0.05, 0.1) is 23.1 Å². The molecule has 1 aliphatic heterocycles. The van der Waals surface area contributed by atoms with E-state index in [-0.39, 0.29) is 24.7 Å². The molecule has 2 aromatic carbocycles. The van der Waals surface area contributed by atoms with Gasteiger partial charge in [-0.3, -0.25) is 4.55 Å². The zero-order valence-electron chi connectivity index (χ0n) is 16.9. The maximum absolute atomic E-state index is 10.5. The van der Waals surface area contributed by atoms with Crippen molar-refractivity contribution >= 4 is 33.3 Å². The molecule has 2 heterocycles. The van der Waals surface area contributed by atoms with Crippen LogP contribution in [0.4, 0.5) is 0 Å². The van der Waals surface area contributed by atoms with Crippen LogP contribution in [-0.2, 0) is 31.9 Å². The van der Waals surface area contributed by atoms with Crippen molar-refractivity contribution in [3.8, 4) is 0 Å². The van der Waals surface area contributed by atoms with Gasteiger partial charge in [0, 0.05) is 10.6 Å². The van der Waals surface area contributed by atoms with Crippen LogP contribution >= 0.6 is 23.2 Å². The fourth-order valence-electron chi connectivity index (χ4n) is 3.00. The summed E-state index contributed by atoms with van der Waals surface area (Å²) >= 11 is 12.2. The Morgan fingerprint density at radius 2 is 1.94 bits per heavy atom. The van der Waals surface area contributed by atoms with Crippen molar-refractivity contribution in [2.45, 2.75) is 30.3 Å². The average Bonchev–Trinajstić information content (AvgIpc) is 3.39. The number of hydrogen-bond donors (Lipinski definition) is 2. The first-order valence-corrected chi connectivity index (χ1v) is 11.6. The van der Waals surface area contributed by atoms with Crippen LogP contribution in [0.15, 0.2) is 60.0 Å². The molecule has 0 amide bonds. The normalized spacial score (nSPS) is 20.6.